The van der Waals surface area contributed by atoms with E-state index in [1.807, 2.05) is 24.3 Å². The van der Waals surface area contributed by atoms with E-state index in [0.717, 1.165) is 23.3 Å². The summed E-state index contributed by atoms with van der Waals surface area (Å²) >= 11 is 6.11. The number of para-hydroxylation sites is 2. The highest BCUT2D eigenvalue weighted by Crippen LogP contribution is 2.30. The highest BCUT2D eigenvalue weighted by molar-refractivity contribution is 7.92. The average Bonchev–Trinajstić information content (AvgIpc) is 2.75. The molecule has 1 amide bonds. The fraction of sp³-hybridized carbons (Fsp3) is 0.409. The lowest BCUT2D eigenvalue weighted by Gasteiger charge is -2.39. The second-order valence-corrected chi connectivity index (χ2v) is 9.95. The van der Waals surface area contributed by atoms with Crippen LogP contribution < -0.4 is 13.9 Å². The zero-order chi connectivity index (χ0) is 22.8. The van der Waals surface area contributed by atoms with Gasteiger partial charge in [-0.3, -0.25) is 9.10 Å². The molecule has 0 N–H and O–H groups in total. The fourth-order valence-electron chi connectivity index (χ4n) is 3.92. The molecule has 1 aliphatic heterocycles. The van der Waals surface area contributed by atoms with E-state index in [-0.39, 0.29) is 5.91 Å². The molecule has 0 bridgehead atoms. The number of benzene rings is 2. The highest BCUT2D eigenvalue weighted by Gasteiger charge is 2.34. The minimum absolute atomic E-state index is 0.232. The Morgan fingerprint density at radius 2 is 1.77 bits per heavy atom. The van der Waals surface area contributed by atoms with E-state index in [1.165, 1.54) is 4.31 Å². The first-order valence-electron chi connectivity index (χ1n) is 10.1. The lowest BCUT2D eigenvalue weighted by molar-refractivity contribution is -0.132. The Morgan fingerprint density at radius 3 is 2.39 bits per heavy atom. The maximum absolute atomic E-state index is 13.3. The summed E-state index contributed by atoms with van der Waals surface area (Å²) in [6.07, 6.45) is 1.11. The maximum Gasteiger partial charge on any atom is 0.246 e. The van der Waals surface area contributed by atoms with E-state index in [0.29, 0.717) is 36.9 Å². The molecule has 168 valence electrons. The minimum atomic E-state index is -3.70. The van der Waals surface area contributed by atoms with Crippen molar-refractivity contribution in [1.82, 2.24) is 4.90 Å². The molecule has 31 heavy (non-hydrogen) atoms. The van der Waals surface area contributed by atoms with E-state index in [4.69, 9.17) is 16.3 Å². The van der Waals surface area contributed by atoms with Crippen molar-refractivity contribution in [2.75, 3.05) is 48.7 Å². The van der Waals surface area contributed by atoms with Crippen molar-refractivity contribution in [2.24, 2.45) is 0 Å². The van der Waals surface area contributed by atoms with E-state index >= 15 is 0 Å². The van der Waals surface area contributed by atoms with Gasteiger partial charge < -0.3 is 14.5 Å². The summed E-state index contributed by atoms with van der Waals surface area (Å²) in [5.74, 6) is 0.555. The van der Waals surface area contributed by atoms with Gasteiger partial charge in [0.1, 0.15) is 11.8 Å². The molecule has 3 rings (SSSR count). The van der Waals surface area contributed by atoms with Crippen molar-refractivity contribution in [3.63, 3.8) is 0 Å². The van der Waals surface area contributed by atoms with Crippen molar-refractivity contribution in [2.45, 2.75) is 19.9 Å². The van der Waals surface area contributed by atoms with Gasteiger partial charge in [0.25, 0.3) is 0 Å². The van der Waals surface area contributed by atoms with Gasteiger partial charge in [-0.1, -0.05) is 29.8 Å². The van der Waals surface area contributed by atoms with Crippen molar-refractivity contribution < 1.29 is 17.9 Å². The summed E-state index contributed by atoms with van der Waals surface area (Å²) < 4.78 is 31.9. The molecule has 0 radical (unpaired) electrons. The number of amides is 1. The molecule has 0 aromatic heterocycles. The maximum atomic E-state index is 13.3. The Hall–Kier alpha value is -2.45. The third kappa shape index (κ3) is 5.07. The lowest BCUT2D eigenvalue weighted by atomic mass is 10.1. The van der Waals surface area contributed by atoms with Gasteiger partial charge >= 0.3 is 0 Å². The molecule has 1 saturated heterocycles. The van der Waals surface area contributed by atoms with Crippen LogP contribution in [0.4, 0.5) is 11.4 Å². The van der Waals surface area contributed by atoms with Crippen molar-refractivity contribution in [3.8, 4) is 5.75 Å². The topological polar surface area (TPSA) is 70.2 Å². The van der Waals surface area contributed by atoms with Crippen LogP contribution in [0, 0.1) is 6.92 Å². The summed E-state index contributed by atoms with van der Waals surface area (Å²) in [4.78, 5) is 17.2. The Labute approximate surface area is 189 Å². The monoisotopic (exact) mass is 465 g/mol. The third-order valence-corrected chi connectivity index (χ3v) is 6.95. The Kier molecular flexibility index (Phi) is 7.01. The number of carbonyl (C=O) groups is 1. The van der Waals surface area contributed by atoms with Gasteiger partial charge in [0.2, 0.25) is 15.9 Å². The predicted octanol–water partition coefficient (Wildman–Crippen LogP) is 3.16. The number of sulfonamides is 1. The number of hydrogen-bond acceptors (Lipinski definition) is 5. The zero-order valence-electron chi connectivity index (χ0n) is 18.2. The molecule has 1 aliphatic rings. The average molecular weight is 466 g/mol. The smallest absolute Gasteiger partial charge is 0.246 e. The van der Waals surface area contributed by atoms with Gasteiger partial charge in [-0.05, 0) is 43.7 Å². The molecule has 2 aromatic rings. The number of carbonyl (C=O) groups excluding carboxylic acids is 1. The van der Waals surface area contributed by atoms with Gasteiger partial charge in [0.05, 0.1) is 24.7 Å². The summed E-state index contributed by atoms with van der Waals surface area (Å²) in [5.41, 5.74) is 2.14. The number of anilines is 2. The molecule has 0 spiro atoms. The number of ether oxygens (including phenoxy) is 1. The first-order valence-corrected chi connectivity index (χ1v) is 12.3. The number of nitrogens with zero attached hydrogens (tertiary/aromatic N) is 3. The van der Waals surface area contributed by atoms with Crippen molar-refractivity contribution in [1.29, 1.82) is 0 Å². The number of hydrogen-bond donors (Lipinski definition) is 0. The molecule has 7 nitrogen and oxygen atoms in total. The molecule has 2 aromatic carbocycles. The molecule has 0 aliphatic carbocycles. The first kappa shape index (κ1) is 23.2. The molecule has 1 heterocycles. The summed E-state index contributed by atoms with van der Waals surface area (Å²) in [5, 5.41) is 0.416. The number of aryl methyl sites for hydroxylation is 1. The van der Waals surface area contributed by atoms with E-state index in [2.05, 4.69) is 4.90 Å². The van der Waals surface area contributed by atoms with Gasteiger partial charge in [0.15, 0.2) is 0 Å². The van der Waals surface area contributed by atoms with Crippen LogP contribution in [0.1, 0.15) is 12.5 Å². The second kappa shape index (κ2) is 9.36. The SMILES string of the molecule is COc1ccccc1N1CCN(C(=O)C(C)N(c2cc(Cl)ccc2C)S(C)(=O)=O)CC1. The third-order valence-electron chi connectivity index (χ3n) is 5.49. The summed E-state index contributed by atoms with van der Waals surface area (Å²) in [6.45, 7) is 5.67. The normalized spacial score (nSPS) is 15.5. The minimum Gasteiger partial charge on any atom is -0.495 e. The standard InChI is InChI=1S/C22H28ClN3O4S/c1-16-9-10-18(23)15-20(16)26(31(4,28)29)17(2)22(27)25-13-11-24(12-14-25)19-7-5-6-8-21(19)30-3/h5-10,15,17H,11-14H2,1-4H3. The molecular weight excluding hydrogens is 438 g/mol. The van der Waals surface area contributed by atoms with Gasteiger partial charge in [-0.15, -0.1) is 0 Å². The van der Waals surface area contributed by atoms with E-state index < -0.39 is 16.1 Å². The van der Waals surface area contributed by atoms with Crippen LogP contribution >= 0.6 is 11.6 Å². The number of halogens is 1. The molecule has 0 saturated carbocycles. The number of rotatable bonds is 6. The van der Waals surface area contributed by atoms with E-state index in [9.17, 15) is 13.2 Å². The van der Waals surface area contributed by atoms with Gasteiger partial charge in [-0.25, -0.2) is 8.42 Å². The molecule has 1 unspecified atom stereocenters. The fourth-order valence-corrected chi connectivity index (χ4v) is 5.30. The summed E-state index contributed by atoms with van der Waals surface area (Å²) in [7, 11) is -2.07. The van der Waals surface area contributed by atoms with Crippen LogP contribution in [0.5, 0.6) is 5.75 Å². The highest BCUT2D eigenvalue weighted by atomic mass is 35.5. The quantitative estimate of drug-likeness (QED) is 0.655. The van der Waals surface area contributed by atoms with Crippen molar-refractivity contribution in [3.05, 3.63) is 53.1 Å². The van der Waals surface area contributed by atoms with Crippen LogP contribution in [0.25, 0.3) is 0 Å². The molecule has 1 fully saturated rings. The molecule has 1 atom stereocenters. The number of methoxy groups -OCH3 is 1. The summed E-state index contributed by atoms with van der Waals surface area (Å²) in [6, 6.07) is 11.9. The Bertz CT molecular complexity index is 1050. The second-order valence-electron chi connectivity index (χ2n) is 7.65. The Balaban J connectivity index is 1.78. The van der Waals surface area contributed by atoms with Crippen LogP contribution in [0.15, 0.2) is 42.5 Å². The molecule has 9 heteroatoms. The van der Waals surface area contributed by atoms with Crippen LogP contribution in [-0.4, -0.2) is 64.8 Å². The Morgan fingerprint density at radius 1 is 1.13 bits per heavy atom. The van der Waals surface area contributed by atoms with Gasteiger partial charge in [0, 0.05) is 31.2 Å². The lowest BCUT2D eigenvalue weighted by Crippen LogP contribution is -2.55. The van der Waals surface area contributed by atoms with Crippen LogP contribution in [-0.2, 0) is 14.8 Å². The van der Waals surface area contributed by atoms with E-state index in [1.54, 1.807) is 44.1 Å². The first-order chi connectivity index (χ1) is 14.6. The zero-order valence-corrected chi connectivity index (χ0v) is 19.8. The van der Waals surface area contributed by atoms with Crippen LogP contribution in [0.2, 0.25) is 5.02 Å². The van der Waals surface area contributed by atoms with Crippen molar-refractivity contribution >= 4 is 38.9 Å². The largest absolute Gasteiger partial charge is 0.495 e. The van der Waals surface area contributed by atoms with Gasteiger partial charge in [-0.2, -0.15) is 0 Å². The predicted molar refractivity (Wildman–Crippen MR) is 125 cm³/mol. The van der Waals surface area contributed by atoms with Crippen LogP contribution in [0.3, 0.4) is 0 Å². The number of piperazine rings is 1. The molecular formula is C22H28ClN3O4S.